The highest BCUT2D eigenvalue weighted by molar-refractivity contribution is 6.74. The molecule has 10 nitrogen and oxygen atoms in total. The number of aromatic nitrogens is 4. The quantitative estimate of drug-likeness (QED) is 0.175. The molecule has 0 saturated carbocycles. The monoisotopic (exact) mass is 701 g/mol. The van der Waals surface area contributed by atoms with E-state index in [4.69, 9.17) is 25.2 Å². The SMILES string of the molecule is CC(C)(C)C(=O)Nc1ncnc2c1ncn2[C@@H]1O[C@@](CO[Si](C)(C)C(C)(C)C)(C(=O)c2cccc(Cl)c2)C[C@H]1O[Si](C)(C)C(C)(C)C. The van der Waals surface area contributed by atoms with Gasteiger partial charge in [0.2, 0.25) is 5.91 Å². The van der Waals surface area contributed by atoms with Gasteiger partial charge < -0.3 is 18.9 Å². The van der Waals surface area contributed by atoms with Crippen LogP contribution in [0.1, 0.15) is 85.3 Å². The van der Waals surface area contributed by atoms with E-state index in [0.29, 0.717) is 27.6 Å². The van der Waals surface area contributed by atoms with Crippen LogP contribution in [0.2, 0.25) is 41.3 Å². The Morgan fingerprint density at radius 2 is 1.64 bits per heavy atom. The second kappa shape index (κ2) is 12.8. The van der Waals surface area contributed by atoms with Crippen molar-refractivity contribution in [3.8, 4) is 0 Å². The van der Waals surface area contributed by atoms with Gasteiger partial charge >= 0.3 is 0 Å². The van der Waals surface area contributed by atoms with Gasteiger partial charge in [-0.25, -0.2) is 15.0 Å². The molecule has 3 atom stereocenters. The molecular formula is C34H52ClN5O5Si2. The zero-order valence-electron chi connectivity index (χ0n) is 30.2. The average molecular weight is 702 g/mol. The van der Waals surface area contributed by atoms with E-state index < -0.39 is 40.0 Å². The summed E-state index contributed by atoms with van der Waals surface area (Å²) < 4.78 is 22.6. The van der Waals surface area contributed by atoms with Crippen LogP contribution in [0.3, 0.4) is 0 Å². The largest absolute Gasteiger partial charge is 0.413 e. The van der Waals surface area contributed by atoms with Crippen LogP contribution in [0.5, 0.6) is 0 Å². The number of fused-ring (bicyclic) bond motifs is 1. The maximum Gasteiger partial charge on any atom is 0.230 e. The van der Waals surface area contributed by atoms with Gasteiger partial charge in [-0.2, -0.15) is 0 Å². The van der Waals surface area contributed by atoms with E-state index in [-0.39, 0.29) is 34.8 Å². The number of imidazole rings is 1. The summed E-state index contributed by atoms with van der Waals surface area (Å²) in [7, 11) is -4.71. The minimum atomic E-state index is -2.39. The summed E-state index contributed by atoms with van der Waals surface area (Å²) in [6.07, 6.45) is 1.95. The molecule has 0 unspecified atom stereocenters. The molecule has 0 radical (unpaired) electrons. The van der Waals surface area contributed by atoms with Crippen molar-refractivity contribution in [2.45, 2.75) is 123 Å². The van der Waals surface area contributed by atoms with Crippen LogP contribution in [0.4, 0.5) is 5.82 Å². The van der Waals surface area contributed by atoms with Crippen LogP contribution in [-0.2, 0) is 18.4 Å². The molecule has 1 aromatic carbocycles. The first-order chi connectivity index (χ1) is 21.4. The van der Waals surface area contributed by atoms with Crippen LogP contribution in [-0.4, -0.2) is 66.2 Å². The van der Waals surface area contributed by atoms with Crippen molar-refractivity contribution in [3.05, 3.63) is 47.5 Å². The first-order valence-electron chi connectivity index (χ1n) is 16.2. The van der Waals surface area contributed by atoms with Crippen molar-refractivity contribution in [3.63, 3.8) is 0 Å². The van der Waals surface area contributed by atoms with Gasteiger partial charge in [0, 0.05) is 22.4 Å². The summed E-state index contributed by atoms with van der Waals surface area (Å²) in [5.41, 5.74) is -0.718. The fourth-order valence-electron chi connectivity index (χ4n) is 4.81. The Balaban J connectivity index is 1.87. The molecular weight excluding hydrogens is 650 g/mol. The number of rotatable bonds is 9. The Kier molecular flexibility index (Phi) is 10.1. The van der Waals surface area contributed by atoms with Gasteiger partial charge in [0.1, 0.15) is 6.33 Å². The van der Waals surface area contributed by atoms with Crippen molar-refractivity contribution in [2.24, 2.45) is 5.41 Å². The Labute approximate surface area is 286 Å². The highest BCUT2D eigenvalue weighted by Crippen LogP contribution is 2.48. The maximum absolute atomic E-state index is 14.7. The number of carbonyl (C=O) groups excluding carboxylic acids is 2. The van der Waals surface area contributed by atoms with E-state index in [1.807, 2.05) is 20.8 Å². The molecule has 1 aliphatic rings. The number of hydrogen-bond acceptors (Lipinski definition) is 8. The maximum atomic E-state index is 14.7. The average Bonchev–Trinajstić information content (AvgIpc) is 3.52. The second-order valence-corrected chi connectivity index (χ2v) is 26.8. The predicted molar refractivity (Wildman–Crippen MR) is 192 cm³/mol. The number of amides is 1. The Bertz CT molecular complexity index is 1640. The lowest BCUT2D eigenvalue weighted by Gasteiger charge is -2.40. The van der Waals surface area contributed by atoms with E-state index in [2.05, 4.69) is 88.0 Å². The summed E-state index contributed by atoms with van der Waals surface area (Å²) in [6, 6.07) is 6.93. The zero-order chi connectivity index (χ0) is 35.4. The van der Waals surface area contributed by atoms with E-state index in [0.717, 1.165) is 0 Å². The predicted octanol–water partition coefficient (Wildman–Crippen LogP) is 8.42. The molecule has 0 bridgehead atoms. The molecule has 2 aromatic heterocycles. The number of anilines is 1. The van der Waals surface area contributed by atoms with E-state index in [9.17, 15) is 9.59 Å². The van der Waals surface area contributed by atoms with Gasteiger partial charge in [-0.3, -0.25) is 14.2 Å². The fourth-order valence-corrected chi connectivity index (χ4v) is 7.34. The van der Waals surface area contributed by atoms with Crippen LogP contribution in [0.25, 0.3) is 11.2 Å². The number of benzene rings is 1. The molecule has 0 aliphatic carbocycles. The van der Waals surface area contributed by atoms with E-state index in [1.165, 1.54) is 6.33 Å². The lowest BCUT2D eigenvalue weighted by Crippen LogP contribution is -2.50. The summed E-state index contributed by atoms with van der Waals surface area (Å²) in [4.78, 5) is 41.1. The molecule has 13 heteroatoms. The van der Waals surface area contributed by atoms with E-state index >= 15 is 0 Å². The molecule has 1 saturated heterocycles. The third kappa shape index (κ3) is 7.73. The van der Waals surface area contributed by atoms with E-state index in [1.54, 1.807) is 35.2 Å². The zero-order valence-corrected chi connectivity index (χ0v) is 33.0. The lowest BCUT2D eigenvalue weighted by molar-refractivity contribution is -0.123. The minimum Gasteiger partial charge on any atom is -0.413 e. The summed E-state index contributed by atoms with van der Waals surface area (Å²) in [5.74, 6) is -0.115. The lowest BCUT2D eigenvalue weighted by atomic mass is 9.90. The number of ether oxygens (including phenoxy) is 1. The molecule has 1 aliphatic heterocycles. The molecule has 47 heavy (non-hydrogen) atoms. The Morgan fingerprint density at radius 1 is 1.00 bits per heavy atom. The molecule has 258 valence electrons. The summed E-state index contributed by atoms with van der Waals surface area (Å²) in [6.45, 7) is 27.3. The standard InChI is InChI=1S/C34H52ClN5O5Si2/c1-31(2,3)30(42)39-27-25-28(37-20-36-27)40(21-38-25)29-24(45-47(12,13)33(7,8)9)18-34(44-29,19-43-46(10,11)32(4,5)6)26(41)22-15-14-16-23(35)17-22/h14-17,20-21,24,29H,18-19H2,1-13H3,(H,36,37,39,42)/t24-,29-,34+/m1/s1. The fraction of sp³-hybridized carbons (Fsp3) is 0.618. The molecule has 1 amide bonds. The van der Waals surface area contributed by atoms with Crippen molar-refractivity contribution in [1.29, 1.82) is 0 Å². The highest BCUT2D eigenvalue weighted by atomic mass is 35.5. The van der Waals surface area contributed by atoms with Crippen molar-refractivity contribution < 1.29 is 23.2 Å². The molecule has 3 aromatic rings. The molecule has 1 fully saturated rings. The number of ketones is 1. The highest BCUT2D eigenvalue weighted by Gasteiger charge is 2.56. The number of nitrogens with one attached hydrogen (secondary N) is 1. The van der Waals surface area contributed by atoms with Gasteiger partial charge in [0.15, 0.2) is 51.2 Å². The number of carbonyl (C=O) groups is 2. The molecule has 0 spiro atoms. The smallest absolute Gasteiger partial charge is 0.230 e. The molecule has 1 N–H and O–H groups in total. The first-order valence-corrected chi connectivity index (χ1v) is 22.4. The van der Waals surface area contributed by atoms with Gasteiger partial charge in [0.25, 0.3) is 0 Å². The normalized spacial score (nSPS) is 21.3. The van der Waals surface area contributed by atoms with Gasteiger partial charge in [-0.15, -0.1) is 0 Å². The number of halogens is 1. The molecule has 3 heterocycles. The summed E-state index contributed by atoms with van der Waals surface area (Å²) >= 11 is 6.38. The second-order valence-electron chi connectivity index (χ2n) is 16.8. The minimum absolute atomic E-state index is 0.0528. The third-order valence-electron chi connectivity index (χ3n) is 9.97. The topological polar surface area (TPSA) is 117 Å². The van der Waals surface area contributed by atoms with Gasteiger partial charge in [0.05, 0.1) is 19.0 Å². The molecule has 4 rings (SSSR count). The van der Waals surface area contributed by atoms with Crippen LogP contribution in [0.15, 0.2) is 36.9 Å². The number of Topliss-reactive ketones (excluding diaryl/α,β-unsaturated/α-hetero) is 1. The van der Waals surface area contributed by atoms with Gasteiger partial charge in [-0.1, -0.05) is 86.0 Å². The van der Waals surface area contributed by atoms with Crippen molar-refractivity contribution in [2.75, 3.05) is 11.9 Å². The number of hydrogen-bond donors (Lipinski definition) is 1. The van der Waals surface area contributed by atoms with Crippen LogP contribution >= 0.6 is 11.6 Å². The van der Waals surface area contributed by atoms with Crippen LogP contribution in [0, 0.1) is 5.41 Å². The summed E-state index contributed by atoms with van der Waals surface area (Å²) in [5, 5.41) is 3.16. The van der Waals surface area contributed by atoms with Crippen molar-refractivity contribution in [1.82, 2.24) is 19.5 Å². The first kappa shape index (κ1) is 37.3. The van der Waals surface area contributed by atoms with Crippen LogP contribution < -0.4 is 5.32 Å². The Morgan fingerprint density at radius 3 is 2.21 bits per heavy atom. The third-order valence-corrected chi connectivity index (χ3v) is 19.2. The van der Waals surface area contributed by atoms with Gasteiger partial charge in [-0.05, 0) is 48.4 Å². The van der Waals surface area contributed by atoms with Crippen molar-refractivity contribution >= 4 is 56.9 Å². The number of nitrogens with zero attached hydrogens (tertiary/aromatic N) is 4. The Hall–Kier alpha value is -2.49.